The molecule has 1 N–H and O–H groups in total. The van der Waals surface area contributed by atoms with Gasteiger partial charge >= 0.3 is 0 Å². The van der Waals surface area contributed by atoms with Gasteiger partial charge in [0.2, 0.25) is 0 Å². The van der Waals surface area contributed by atoms with E-state index in [1.165, 1.54) is 27.8 Å². The molecule has 118 valence electrons. The van der Waals surface area contributed by atoms with Crippen LogP contribution in [0.15, 0.2) is 97.2 Å². The first-order valence-electron chi connectivity index (χ1n) is 7.81. The fourth-order valence-corrected chi connectivity index (χ4v) is 3.01. The molecule has 1 aromatic heterocycles. The van der Waals surface area contributed by atoms with Crippen molar-refractivity contribution < 1.29 is 0 Å². The largest absolute Gasteiger partial charge is 0.360 e. The molecule has 0 amide bonds. The summed E-state index contributed by atoms with van der Waals surface area (Å²) in [6.07, 6.45) is 2.11. The van der Waals surface area contributed by atoms with E-state index in [1.54, 1.807) is 0 Å². The third-order valence-corrected chi connectivity index (χ3v) is 4.09. The number of nitrogens with one attached hydrogen (secondary N) is 1. The van der Waals surface area contributed by atoms with Crippen LogP contribution in [0.3, 0.4) is 0 Å². The van der Waals surface area contributed by atoms with Crippen molar-refractivity contribution in [3.63, 3.8) is 0 Å². The molecule has 4 aromatic rings. The normalized spacial score (nSPS) is 10.2. The van der Waals surface area contributed by atoms with Crippen molar-refractivity contribution in [3.05, 3.63) is 97.2 Å². The molecule has 0 fully saturated rings. The molecule has 0 unspecified atom stereocenters. The molecule has 0 radical (unpaired) electrons. The van der Waals surface area contributed by atoms with E-state index in [0.717, 1.165) is 5.69 Å². The Morgan fingerprint density at radius 1 is 0.500 bits per heavy atom. The number of benzene rings is 3. The second-order valence-corrected chi connectivity index (χ2v) is 5.55. The van der Waals surface area contributed by atoms with Crippen molar-refractivity contribution in [2.24, 2.45) is 0 Å². The molecule has 4 rings (SSSR count). The van der Waals surface area contributed by atoms with E-state index in [-0.39, 0.29) is 12.4 Å². The number of aromatic amines is 1. The Morgan fingerprint density at radius 2 is 0.958 bits per heavy atom. The topological polar surface area (TPSA) is 15.8 Å². The Labute approximate surface area is 148 Å². The second kappa shape index (κ2) is 7.20. The average molecular weight is 332 g/mol. The number of halogens is 1. The molecule has 3 aromatic carbocycles. The highest BCUT2D eigenvalue weighted by molar-refractivity contribution is 5.93. The Morgan fingerprint density at radius 3 is 1.50 bits per heavy atom. The van der Waals surface area contributed by atoms with E-state index in [4.69, 9.17) is 0 Å². The van der Waals surface area contributed by atoms with E-state index in [0.29, 0.717) is 0 Å². The predicted octanol–water partition coefficient (Wildman–Crippen LogP) is 6.44. The van der Waals surface area contributed by atoms with Crippen molar-refractivity contribution >= 4 is 12.4 Å². The van der Waals surface area contributed by atoms with E-state index in [9.17, 15) is 0 Å². The summed E-state index contributed by atoms with van der Waals surface area (Å²) in [6.45, 7) is 0. The van der Waals surface area contributed by atoms with Crippen LogP contribution in [0.2, 0.25) is 0 Å². The lowest BCUT2D eigenvalue weighted by Gasteiger charge is -2.09. The van der Waals surface area contributed by atoms with Gasteiger partial charge in [-0.15, -0.1) is 12.4 Å². The van der Waals surface area contributed by atoms with Crippen molar-refractivity contribution in [2.75, 3.05) is 0 Å². The molecule has 0 saturated carbocycles. The summed E-state index contributed by atoms with van der Waals surface area (Å²) in [5.41, 5.74) is 7.30. The zero-order valence-corrected chi connectivity index (χ0v) is 14.0. The van der Waals surface area contributed by atoms with Crippen molar-refractivity contribution in [1.29, 1.82) is 0 Å². The average Bonchev–Trinajstić information content (AvgIpc) is 3.09. The lowest BCUT2D eigenvalue weighted by atomic mass is 9.94. The maximum atomic E-state index is 3.49. The van der Waals surface area contributed by atoms with Gasteiger partial charge in [0.1, 0.15) is 0 Å². The molecule has 1 heterocycles. The van der Waals surface area contributed by atoms with Crippen LogP contribution in [0.25, 0.3) is 33.5 Å². The van der Waals surface area contributed by atoms with Gasteiger partial charge in [0.15, 0.2) is 0 Å². The number of hydrogen-bond donors (Lipinski definition) is 1. The molecule has 0 atom stereocenters. The van der Waals surface area contributed by atoms with Crippen LogP contribution in [0.4, 0.5) is 0 Å². The second-order valence-electron chi connectivity index (χ2n) is 5.55. The third kappa shape index (κ3) is 2.99. The van der Waals surface area contributed by atoms with E-state index < -0.39 is 0 Å². The standard InChI is InChI=1S/C22H17N.ClH/c1-4-10-17(11-5-1)20-16-23-22(19-14-8-3-9-15-19)21(20)18-12-6-2-7-13-18;/h1-16,23H;1H. The molecule has 1 nitrogen and oxygen atoms in total. The Balaban J connectivity index is 0.00000169. The summed E-state index contributed by atoms with van der Waals surface area (Å²) in [4.78, 5) is 3.49. The highest BCUT2D eigenvalue weighted by Crippen LogP contribution is 2.39. The zero-order valence-electron chi connectivity index (χ0n) is 13.1. The first kappa shape index (κ1) is 16.1. The number of H-pyrrole nitrogens is 1. The number of rotatable bonds is 3. The van der Waals surface area contributed by atoms with Crippen LogP contribution in [0.5, 0.6) is 0 Å². The third-order valence-electron chi connectivity index (χ3n) is 4.09. The molecule has 0 aliphatic heterocycles. The fraction of sp³-hybridized carbons (Fsp3) is 0. The summed E-state index contributed by atoms with van der Waals surface area (Å²) in [6, 6.07) is 31.6. The van der Waals surface area contributed by atoms with Crippen LogP contribution in [-0.4, -0.2) is 4.98 Å². The maximum absolute atomic E-state index is 3.49. The van der Waals surface area contributed by atoms with E-state index in [2.05, 4.69) is 96.1 Å². The maximum Gasteiger partial charge on any atom is 0.0540 e. The lowest BCUT2D eigenvalue weighted by Crippen LogP contribution is -1.84. The van der Waals surface area contributed by atoms with Gasteiger partial charge in [-0.2, -0.15) is 0 Å². The van der Waals surface area contributed by atoms with Gasteiger partial charge in [0.05, 0.1) is 5.69 Å². The SMILES string of the molecule is Cl.c1ccc(-c2c[nH]c(-c3ccccc3)c2-c2ccccc2)cc1. The monoisotopic (exact) mass is 331 g/mol. The summed E-state index contributed by atoms with van der Waals surface area (Å²) < 4.78 is 0. The zero-order chi connectivity index (χ0) is 15.5. The van der Waals surface area contributed by atoms with Crippen LogP contribution in [0.1, 0.15) is 0 Å². The first-order chi connectivity index (χ1) is 11.4. The van der Waals surface area contributed by atoms with E-state index in [1.807, 2.05) is 6.07 Å². The van der Waals surface area contributed by atoms with Gasteiger partial charge in [-0.3, -0.25) is 0 Å². The quantitative estimate of drug-likeness (QED) is 0.444. The molecule has 0 spiro atoms. The van der Waals surface area contributed by atoms with Crippen molar-refractivity contribution in [2.45, 2.75) is 0 Å². The van der Waals surface area contributed by atoms with Gasteiger partial charge < -0.3 is 4.98 Å². The van der Waals surface area contributed by atoms with Crippen LogP contribution in [-0.2, 0) is 0 Å². The lowest BCUT2D eigenvalue weighted by molar-refractivity contribution is 1.40. The molecule has 24 heavy (non-hydrogen) atoms. The summed E-state index contributed by atoms with van der Waals surface area (Å²) in [7, 11) is 0. The van der Waals surface area contributed by atoms with Crippen molar-refractivity contribution in [1.82, 2.24) is 4.98 Å². The smallest absolute Gasteiger partial charge is 0.0540 e. The summed E-state index contributed by atoms with van der Waals surface area (Å²) in [5.74, 6) is 0. The van der Waals surface area contributed by atoms with Gasteiger partial charge in [-0.25, -0.2) is 0 Å². The summed E-state index contributed by atoms with van der Waals surface area (Å²) >= 11 is 0. The Bertz CT molecular complexity index is 840. The van der Waals surface area contributed by atoms with Gasteiger partial charge in [0, 0.05) is 17.3 Å². The molecule has 0 aliphatic rings. The minimum Gasteiger partial charge on any atom is -0.360 e. The Kier molecular flexibility index (Phi) is 4.83. The molecule has 2 heteroatoms. The van der Waals surface area contributed by atoms with Gasteiger partial charge in [0.25, 0.3) is 0 Å². The van der Waals surface area contributed by atoms with Gasteiger partial charge in [-0.1, -0.05) is 91.0 Å². The van der Waals surface area contributed by atoms with Gasteiger partial charge in [-0.05, 0) is 16.7 Å². The summed E-state index contributed by atoms with van der Waals surface area (Å²) in [5, 5.41) is 0. The van der Waals surface area contributed by atoms with E-state index >= 15 is 0 Å². The minimum absolute atomic E-state index is 0. The fourth-order valence-electron chi connectivity index (χ4n) is 3.01. The number of hydrogen-bond acceptors (Lipinski definition) is 0. The molecule has 0 aliphatic carbocycles. The molecular weight excluding hydrogens is 314 g/mol. The molecule has 0 bridgehead atoms. The predicted molar refractivity (Wildman–Crippen MR) is 104 cm³/mol. The van der Waals surface area contributed by atoms with Crippen LogP contribution < -0.4 is 0 Å². The highest BCUT2D eigenvalue weighted by Gasteiger charge is 2.15. The van der Waals surface area contributed by atoms with Crippen LogP contribution >= 0.6 is 12.4 Å². The van der Waals surface area contributed by atoms with Crippen molar-refractivity contribution in [3.8, 4) is 33.5 Å². The molecule has 0 saturated heterocycles. The van der Waals surface area contributed by atoms with Crippen LogP contribution in [0, 0.1) is 0 Å². The number of aromatic nitrogens is 1. The highest BCUT2D eigenvalue weighted by atomic mass is 35.5. The minimum atomic E-state index is 0. The molecular formula is C22H18ClN. The first-order valence-corrected chi connectivity index (χ1v) is 7.81. The Hall–Kier alpha value is -2.77.